The Balaban J connectivity index is 1.58. The summed E-state index contributed by atoms with van der Waals surface area (Å²) in [6.45, 7) is 0.632. The highest BCUT2D eigenvalue weighted by molar-refractivity contribution is 7.15. The molecule has 0 aliphatic carbocycles. The second kappa shape index (κ2) is 6.96. The minimum absolute atomic E-state index is 0.211. The van der Waals surface area contributed by atoms with Crippen molar-refractivity contribution in [1.29, 1.82) is 0 Å². The number of urea groups is 1. The van der Waals surface area contributed by atoms with Crippen molar-refractivity contribution in [2.75, 3.05) is 18.4 Å². The van der Waals surface area contributed by atoms with Crippen molar-refractivity contribution in [2.45, 2.75) is 12.8 Å². The van der Waals surface area contributed by atoms with E-state index in [1.165, 1.54) is 28.4 Å². The van der Waals surface area contributed by atoms with Gasteiger partial charge in [-0.25, -0.2) is 14.2 Å². The maximum absolute atomic E-state index is 13.2. The molecule has 0 spiro atoms. The molecule has 1 aromatic heterocycles. The number of nitrogens with zero attached hydrogens (tertiary/aromatic N) is 2. The number of aromatic nitrogens is 1. The van der Waals surface area contributed by atoms with Crippen LogP contribution in [0.4, 0.5) is 14.3 Å². The Hall–Kier alpha value is -2.48. The molecule has 1 aliphatic rings. The number of rotatable bonds is 4. The Labute approximate surface area is 141 Å². The zero-order valence-corrected chi connectivity index (χ0v) is 13.6. The van der Waals surface area contributed by atoms with Crippen LogP contribution in [0.2, 0.25) is 0 Å². The van der Waals surface area contributed by atoms with Gasteiger partial charge in [-0.3, -0.25) is 10.1 Å². The molecule has 1 fully saturated rings. The van der Waals surface area contributed by atoms with E-state index in [2.05, 4.69) is 10.3 Å². The van der Waals surface area contributed by atoms with Crippen LogP contribution in [-0.2, 0) is 11.2 Å². The maximum Gasteiger partial charge on any atom is 0.323 e. The lowest BCUT2D eigenvalue weighted by molar-refractivity contribution is -0.141. The van der Waals surface area contributed by atoms with Crippen molar-refractivity contribution in [3.8, 4) is 0 Å². The Bertz CT molecular complexity index is 765. The van der Waals surface area contributed by atoms with Crippen molar-refractivity contribution in [2.24, 2.45) is 5.92 Å². The van der Waals surface area contributed by atoms with E-state index in [0.717, 1.165) is 10.4 Å². The molecule has 2 amide bonds. The van der Waals surface area contributed by atoms with Gasteiger partial charge in [0.2, 0.25) is 0 Å². The van der Waals surface area contributed by atoms with Crippen molar-refractivity contribution in [1.82, 2.24) is 9.88 Å². The van der Waals surface area contributed by atoms with Crippen molar-refractivity contribution in [3.63, 3.8) is 0 Å². The van der Waals surface area contributed by atoms with Gasteiger partial charge in [-0.15, -0.1) is 11.3 Å². The molecule has 1 unspecified atom stereocenters. The second-order valence-electron chi connectivity index (χ2n) is 5.64. The largest absolute Gasteiger partial charge is 0.481 e. The van der Waals surface area contributed by atoms with Gasteiger partial charge in [0.15, 0.2) is 5.13 Å². The Kier molecular flexibility index (Phi) is 4.75. The zero-order valence-electron chi connectivity index (χ0n) is 12.7. The molecule has 1 aliphatic heterocycles. The molecule has 126 valence electrons. The standard InChI is InChI=1S/C16H16FN3O3S/c17-12-3-1-2-10(6-12)7-13-8-18-15(24-13)19-16(23)20-5-4-11(9-20)14(21)22/h1-3,6,8,11H,4-5,7,9H2,(H,21,22)(H,18,19,23). The Morgan fingerprint density at radius 1 is 1.46 bits per heavy atom. The number of benzene rings is 1. The van der Waals surface area contributed by atoms with E-state index in [-0.39, 0.29) is 18.4 Å². The van der Waals surface area contributed by atoms with Crippen molar-refractivity contribution in [3.05, 3.63) is 46.7 Å². The number of halogens is 1. The fourth-order valence-electron chi connectivity index (χ4n) is 2.61. The first-order chi connectivity index (χ1) is 11.5. The Morgan fingerprint density at radius 2 is 2.29 bits per heavy atom. The van der Waals surface area contributed by atoms with Crippen LogP contribution in [0.15, 0.2) is 30.5 Å². The second-order valence-corrected chi connectivity index (χ2v) is 6.75. The fourth-order valence-corrected chi connectivity index (χ4v) is 3.45. The number of hydrogen-bond donors (Lipinski definition) is 2. The van der Waals surface area contributed by atoms with Crippen LogP contribution in [0.3, 0.4) is 0 Å². The summed E-state index contributed by atoms with van der Waals surface area (Å²) < 4.78 is 13.2. The first-order valence-electron chi connectivity index (χ1n) is 7.49. The fraction of sp³-hybridized carbons (Fsp3) is 0.312. The predicted octanol–water partition coefficient (Wildman–Crippen LogP) is 2.81. The van der Waals surface area contributed by atoms with Gasteiger partial charge in [-0.2, -0.15) is 0 Å². The summed E-state index contributed by atoms with van der Waals surface area (Å²) >= 11 is 1.32. The van der Waals surface area contributed by atoms with Gasteiger partial charge < -0.3 is 10.0 Å². The number of carboxylic acids is 1. The Morgan fingerprint density at radius 3 is 3.00 bits per heavy atom. The normalized spacial score (nSPS) is 17.0. The van der Waals surface area contributed by atoms with Gasteiger partial charge in [0.1, 0.15) is 5.82 Å². The number of carbonyl (C=O) groups excluding carboxylic acids is 1. The number of carboxylic acid groups (broad SMARTS) is 1. The summed E-state index contributed by atoms with van der Waals surface area (Å²) in [7, 11) is 0. The summed E-state index contributed by atoms with van der Waals surface area (Å²) in [5.41, 5.74) is 0.834. The van der Waals surface area contributed by atoms with Crippen LogP contribution in [0, 0.1) is 11.7 Å². The van der Waals surface area contributed by atoms with Crippen molar-refractivity contribution >= 4 is 28.5 Å². The molecule has 0 bridgehead atoms. The zero-order chi connectivity index (χ0) is 17.1. The highest BCUT2D eigenvalue weighted by atomic mass is 32.1. The SMILES string of the molecule is O=C(O)C1CCN(C(=O)Nc2ncc(Cc3cccc(F)c3)s2)C1. The monoisotopic (exact) mass is 349 g/mol. The lowest BCUT2D eigenvalue weighted by atomic mass is 10.1. The molecular weight excluding hydrogens is 333 g/mol. The molecule has 0 radical (unpaired) electrons. The summed E-state index contributed by atoms with van der Waals surface area (Å²) in [5, 5.41) is 12.1. The number of likely N-dealkylation sites (tertiary alicyclic amines) is 1. The molecule has 1 atom stereocenters. The van der Waals surface area contributed by atoms with Gasteiger partial charge in [0, 0.05) is 30.6 Å². The number of hydrogen-bond acceptors (Lipinski definition) is 4. The van der Waals surface area contributed by atoms with Gasteiger partial charge in [0.25, 0.3) is 0 Å². The summed E-state index contributed by atoms with van der Waals surface area (Å²) in [4.78, 5) is 29.6. The molecule has 2 N–H and O–H groups in total. The smallest absolute Gasteiger partial charge is 0.323 e. The molecule has 3 rings (SSSR count). The summed E-state index contributed by atoms with van der Waals surface area (Å²) in [6.07, 6.45) is 2.65. The quantitative estimate of drug-likeness (QED) is 0.889. The highest BCUT2D eigenvalue weighted by Gasteiger charge is 2.31. The molecule has 24 heavy (non-hydrogen) atoms. The number of thiazole rings is 1. The molecule has 2 aromatic rings. The molecule has 2 heterocycles. The van der Waals surface area contributed by atoms with Gasteiger partial charge in [-0.05, 0) is 24.1 Å². The molecular formula is C16H16FN3O3S. The first kappa shape index (κ1) is 16.4. The van der Waals surface area contributed by atoms with E-state index < -0.39 is 11.9 Å². The first-order valence-corrected chi connectivity index (χ1v) is 8.31. The van der Waals surface area contributed by atoms with Crippen LogP contribution < -0.4 is 5.32 Å². The van der Waals surface area contributed by atoms with Crippen LogP contribution in [0.5, 0.6) is 0 Å². The van der Waals surface area contributed by atoms with Crippen LogP contribution >= 0.6 is 11.3 Å². The van der Waals surface area contributed by atoms with E-state index in [4.69, 9.17) is 5.11 Å². The lowest BCUT2D eigenvalue weighted by Crippen LogP contribution is -2.33. The maximum atomic E-state index is 13.2. The molecule has 8 heteroatoms. The van der Waals surface area contributed by atoms with Crippen LogP contribution in [0.25, 0.3) is 0 Å². The topological polar surface area (TPSA) is 82.5 Å². The predicted molar refractivity (Wildman–Crippen MR) is 87.7 cm³/mol. The minimum Gasteiger partial charge on any atom is -0.481 e. The molecule has 1 saturated heterocycles. The van der Waals surface area contributed by atoms with E-state index in [1.54, 1.807) is 12.3 Å². The number of amides is 2. The third-order valence-corrected chi connectivity index (χ3v) is 4.77. The number of aliphatic carboxylic acids is 1. The highest BCUT2D eigenvalue weighted by Crippen LogP contribution is 2.23. The molecule has 6 nitrogen and oxygen atoms in total. The number of carbonyl (C=O) groups is 2. The average molecular weight is 349 g/mol. The van der Waals surface area contributed by atoms with Gasteiger partial charge in [0.05, 0.1) is 5.92 Å². The third-order valence-electron chi connectivity index (χ3n) is 3.86. The van der Waals surface area contributed by atoms with E-state index in [9.17, 15) is 14.0 Å². The van der Waals surface area contributed by atoms with E-state index >= 15 is 0 Å². The molecule has 1 aromatic carbocycles. The number of anilines is 1. The van der Waals surface area contributed by atoms with E-state index in [1.807, 2.05) is 6.07 Å². The molecule has 0 saturated carbocycles. The third kappa shape index (κ3) is 3.88. The average Bonchev–Trinajstić information content (AvgIpc) is 3.17. The van der Waals surface area contributed by atoms with Crippen molar-refractivity contribution < 1.29 is 19.1 Å². The number of nitrogens with one attached hydrogen (secondary N) is 1. The van der Waals surface area contributed by atoms with E-state index in [0.29, 0.717) is 24.5 Å². The van der Waals surface area contributed by atoms with Gasteiger partial charge >= 0.3 is 12.0 Å². The van der Waals surface area contributed by atoms with Gasteiger partial charge in [-0.1, -0.05) is 12.1 Å². The lowest BCUT2D eigenvalue weighted by Gasteiger charge is -2.15. The summed E-state index contributed by atoms with van der Waals surface area (Å²) in [6, 6.07) is 6.00. The van der Waals surface area contributed by atoms with Crippen LogP contribution in [-0.4, -0.2) is 40.1 Å². The van der Waals surface area contributed by atoms with Crippen LogP contribution in [0.1, 0.15) is 16.9 Å². The minimum atomic E-state index is -0.878. The summed E-state index contributed by atoms with van der Waals surface area (Å²) in [5.74, 6) is -1.67.